The molecule has 0 aromatic carbocycles. The molecule has 2 heteroatoms. The van der Waals surface area contributed by atoms with Gasteiger partial charge in [-0.05, 0) is 39.5 Å². The Morgan fingerprint density at radius 3 is 2.50 bits per heavy atom. The van der Waals surface area contributed by atoms with Crippen LogP contribution in [0.1, 0.15) is 33.6 Å². The molecule has 0 bridgehead atoms. The van der Waals surface area contributed by atoms with Gasteiger partial charge in [0.05, 0.1) is 6.10 Å². The molecule has 0 amide bonds. The van der Waals surface area contributed by atoms with E-state index in [9.17, 15) is 4.79 Å². The number of carbonyl (C=O) groups excluding carboxylic acids is 1. The van der Waals surface area contributed by atoms with Gasteiger partial charge in [0.15, 0.2) is 0 Å². The molecule has 0 unspecified atom stereocenters. The molecule has 0 N–H and O–H groups in total. The highest BCUT2D eigenvalue weighted by Gasteiger charge is 2.23. The molecule has 0 radical (unpaired) electrons. The van der Waals surface area contributed by atoms with Crippen LogP contribution in [-0.4, -0.2) is 12.1 Å². The van der Waals surface area contributed by atoms with Crippen LogP contribution in [0.3, 0.4) is 0 Å². The third kappa shape index (κ3) is 3.07. The summed E-state index contributed by atoms with van der Waals surface area (Å²) in [4.78, 5) is 11.1. The average Bonchev–Trinajstić information content (AvgIpc) is 2.63. The van der Waals surface area contributed by atoms with E-state index in [0.29, 0.717) is 5.92 Å². The topological polar surface area (TPSA) is 26.3 Å². The monoisotopic (exact) mass is 168 g/mol. The van der Waals surface area contributed by atoms with Crippen molar-refractivity contribution in [2.45, 2.75) is 39.7 Å². The van der Waals surface area contributed by atoms with E-state index in [4.69, 9.17) is 4.74 Å². The van der Waals surface area contributed by atoms with Gasteiger partial charge in [-0.2, -0.15) is 0 Å². The number of hydrogen-bond acceptors (Lipinski definition) is 2. The minimum absolute atomic E-state index is 0.0132. The Hall–Kier alpha value is -0.790. The summed E-state index contributed by atoms with van der Waals surface area (Å²) in [5.41, 5.74) is 1.17. The summed E-state index contributed by atoms with van der Waals surface area (Å²) < 4.78 is 4.98. The Balaban J connectivity index is 2.37. The molecule has 0 spiro atoms. The molecule has 1 aliphatic rings. The molecule has 0 aromatic rings. The number of allylic oxidation sites excluding steroid dienone is 1. The van der Waals surface area contributed by atoms with Crippen LogP contribution in [-0.2, 0) is 9.53 Å². The molecule has 2 nitrogen and oxygen atoms in total. The standard InChI is InChI=1S/C10H16O2/c1-7(2)12-10(11)6-8(3)9-4-5-9/h6-7,9H,4-5H2,1-3H3/b8-6+. The Kier molecular flexibility index (Phi) is 2.90. The third-order valence-electron chi connectivity index (χ3n) is 1.92. The third-order valence-corrected chi connectivity index (χ3v) is 1.92. The predicted molar refractivity (Wildman–Crippen MR) is 47.7 cm³/mol. The summed E-state index contributed by atoms with van der Waals surface area (Å²) in [6, 6.07) is 0. The molecule has 68 valence electrons. The molecule has 1 fully saturated rings. The van der Waals surface area contributed by atoms with Gasteiger partial charge in [0.1, 0.15) is 0 Å². The molecular weight excluding hydrogens is 152 g/mol. The van der Waals surface area contributed by atoms with Crippen molar-refractivity contribution in [2.75, 3.05) is 0 Å². The second kappa shape index (κ2) is 3.74. The first-order valence-corrected chi connectivity index (χ1v) is 4.48. The van der Waals surface area contributed by atoms with E-state index >= 15 is 0 Å². The second-order valence-electron chi connectivity index (χ2n) is 3.65. The van der Waals surface area contributed by atoms with E-state index in [1.165, 1.54) is 18.4 Å². The number of ether oxygens (including phenoxy) is 1. The minimum Gasteiger partial charge on any atom is -0.460 e. The van der Waals surface area contributed by atoms with Gasteiger partial charge in [0.2, 0.25) is 0 Å². The molecule has 0 aromatic heterocycles. The number of hydrogen-bond donors (Lipinski definition) is 0. The molecule has 0 atom stereocenters. The van der Waals surface area contributed by atoms with Gasteiger partial charge in [0, 0.05) is 6.08 Å². The minimum atomic E-state index is -0.200. The van der Waals surface area contributed by atoms with E-state index in [-0.39, 0.29) is 12.1 Å². The fraction of sp³-hybridized carbons (Fsp3) is 0.700. The number of esters is 1. The molecule has 0 aliphatic heterocycles. The van der Waals surface area contributed by atoms with Crippen molar-refractivity contribution in [2.24, 2.45) is 5.92 Å². The fourth-order valence-corrected chi connectivity index (χ4v) is 1.11. The van der Waals surface area contributed by atoms with E-state index in [1.54, 1.807) is 6.08 Å². The zero-order valence-corrected chi connectivity index (χ0v) is 7.96. The first kappa shape index (κ1) is 9.30. The lowest BCUT2D eigenvalue weighted by Crippen LogP contribution is -2.09. The molecule has 0 saturated heterocycles. The molecule has 1 aliphatic carbocycles. The predicted octanol–water partition coefficient (Wildman–Crippen LogP) is 2.29. The van der Waals surface area contributed by atoms with Crippen LogP contribution in [0.25, 0.3) is 0 Å². The lowest BCUT2D eigenvalue weighted by atomic mass is 10.2. The van der Waals surface area contributed by atoms with Crippen molar-refractivity contribution in [3.8, 4) is 0 Å². The van der Waals surface area contributed by atoms with Gasteiger partial charge < -0.3 is 4.74 Å². The van der Waals surface area contributed by atoms with Crippen LogP contribution in [0, 0.1) is 5.92 Å². The van der Waals surface area contributed by atoms with Crippen LogP contribution < -0.4 is 0 Å². The fourth-order valence-electron chi connectivity index (χ4n) is 1.11. The first-order chi connectivity index (χ1) is 5.59. The Morgan fingerprint density at radius 1 is 1.50 bits per heavy atom. The quantitative estimate of drug-likeness (QED) is 0.477. The molecular formula is C10H16O2. The first-order valence-electron chi connectivity index (χ1n) is 4.48. The van der Waals surface area contributed by atoms with Crippen LogP contribution >= 0.6 is 0 Å². The van der Waals surface area contributed by atoms with Crippen LogP contribution in [0.15, 0.2) is 11.6 Å². The summed E-state index contributed by atoms with van der Waals surface area (Å²) in [5.74, 6) is 0.458. The maximum Gasteiger partial charge on any atom is 0.330 e. The smallest absolute Gasteiger partial charge is 0.330 e. The summed E-state index contributed by atoms with van der Waals surface area (Å²) in [7, 11) is 0. The van der Waals surface area contributed by atoms with Crippen molar-refractivity contribution in [3.63, 3.8) is 0 Å². The van der Waals surface area contributed by atoms with E-state index < -0.39 is 0 Å². The number of rotatable bonds is 3. The van der Waals surface area contributed by atoms with Crippen LogP contribution in [0.2, 0.25) is 0 Å². The summed E-state index contributed by atoms with van der Waals surface area (Å²) in [6.45, 7) is 5.72. The average molecular weight is 168 g/mol. The molecule has 1 saturated carbocycles. The van der Waals surface area contributed by atoms with Gasteiger partial charge in [-0.15, -0.1) is 0 Å². The van der Waals surface area contributed by atoms with Crippen molar-refractivity contribution >= 4 is 5.97 Å². The van der Waals surface area contributed by atoms with Gasteiger partial charge in [-0.25, -0.2) is 4.79 Å². The van der Waals surface area contributed by atoms with Gasteiger partial charge in [-0.3, -0.25) is 0 Å². The van der Waals surface area contributed by atoms with Crippen molar-refractivity contribution in [1.29, 1.82) is 0 Å². The highest BCUT2D eigenvalue weighted by molar-refractivity contribution is 5.83. The highest BCUT2D eigenvalue weighted by Crippen LogP contribution is 2.35. The molecule has 0 heterocycles. The van der Waals surface area contributed by atoms with Gasteiger partial charge >= 0.3 is 5.97 Å². The largest absolute Gasteiger partial charge is 0.460 e. The molecule has 12 heavy (non-hydrogen) atoms. The van der Waals surface area contributed by atoms with Crippen LogP contribution in [0.4, 0.5) is 0 Å². The Bertz CT molecular complexity index is 200. The summed E-state index contributed by atoms with van der Waals surface area (Å²) >= 11 is 0. The van der Waals surface area contributed by atoms with Gasteiger partial charge in [-0.1, -0.05) is 5.57 Å². The second-order valence-corrected chi connectivity index (χ2v) is 3.65. The SMILES string of the molecule is C/C(=C\C(=O)OC(C)C)C1CC1. The molecule has 1 rings (SSSR count). The van der Waals surface area contributed by atoms with Gasteiger partial charge in [0.25, 0.3) is 0 Å². The Morgan fingerprint density at radius 2 is 2.08 bits per heavy atom. The Labute approximate surface area is 73.6 Å². The lowest BCUT2D eigenvalue weighted by Gasteiger charge is -2.05. The van der Waals surface area contributed by atoms with E-state index in [0.717, 1.165) is 0 Å². The maximum absolute atomic E-state index is 11.1. The van der Waals surface area contributed by atoms with Crippen LogP contribution in [0.5, 0.6) is 0 Å². The van der Waals surface area contributed by atoms with E-state index in [1.807, 2.05) is 20.8 Å². The normalized spacial score (nSPS) is 18.2. The number of carbonyl (C=O) groups is 1. The maximum atomic E-state index is 11.1. The zero-order valence-electron chi connectivity index (χ0n) is 7.96. The van der Waals surface area contributed by atoms with Crippen molar-refractivity contribution in [1.82, 2.24) is 0 Å². The zero-order chi connectivity index (χ0) is 9.14. The highest BCUT2D eigenvalue weighted by atomic mass is 16.5. The van der Waals surface area contributed by atoms with Crippen molar-refractivity contribution in [3.05, 3.63) is 11.6 Å². The lowest BCUT2D eigenvalue weighted by molar-refractivity contribution is -0.141. The summed E-state index contributed by atoms with van der Waals surface area (Å²) in [6.07, 6.45) is 4.08. The van der Waals surface area contributed by atoms with Crippen molar-refractivity contribution < 1.29 is 9.53 Å². The summed E-state index contributed by atoms with van der Waals surface area (Å²) in [5, 5.41) is 0. The van der Waals surface area contributed by atoms with E-state index in [2.05, 4.69) is 0 Å².